The van der Waals surface area contributed by atoms with Crippen molar-refractivity contribution in [1.82, 2.24) is 0 Å². The summed E-state index contributed by atoms with van der Waals surface area (Å²) >= 11 is 0. The molecule has 0 atom stereocenters. The van der Waals surface area contributed by atoms with Crippen LogP contribution in [0, 0.1) is 0 Å². The Morgan fingerprint density at radius 2 is 0.455 bits per heavy atom. The largest absolute Gasteiger partial charge is 0.0776 e. The molecule has 0 heterocycles. The first-order valence-electron chi connectivity index (χ1n) is 2.00. The van der Waals surface area contributed by atoms with E-state index in [0.717, 1.165) is 0 Å². The van der Waals surface area contributed by atoms with Crippen LogP contribution < -0.4 is 0 Å². The minimum absolute atomic E-state index is 0. The molecule has 0 aliphatic carbocycles. The second-order valence-corrected chi connectivity index (χ2v) is 1.15. The van der Waals surface area contributed by atoms with Gasteiger partial charge in [-0.05, 0) is 0 Å². The summed E-state index contributed by atoms with van der Waals surface area (Å²) in [6.07, 6.45) is 0. The van der Waals surface area contributed by atoms with Crippen molar-refractivity contribution < 1.29 is 32.7 Å². The summed E-state index contributed by atoms with van der Waals surface area (Å²) in [5.41, 5.74) is 0. The van der Waals surface area contributed by atoms with Gasteiger partial charge in [0, 0.05) is 32.7 Å². The zero-order valence-electron chi connectivity index (χ0n) is 4.04. The Labute approximate surface area is 98.3 Å². The minimum Gasteiger partial charge on any atom is -0.0776 e. The van der Waals surface area contributed by atoms with E-state index in [0.29, 0.717) is 0 Å². The average Bonchev–Trinajstić information content (AvgIpc) is 1.72. The van der Waals surface area contributed by atoms with Gasteiger partial charge in [-0.3, -0.25) is 0 Å². The molecular weight excluding hydrogens is 209 g/mol. The fourth-order valence-corrected chi connectivity index (χ4v) is 0.385. The van der Waals surface area contributed by atoms with Crippen LogP contribution in [0.25, 0.3) is 0 Å². The Kier molecular flexibility index (Phi) is 61.6. The van der Waals surface area contributed by atoms with Gasteiger partial charge < -0.3 is 0 Å². The fraction of sp³-hybridized carbons (Fsp3) is 0.400. The van der Waals surface area contributed by atoms with Gasteiger partial charge in [-0.25, -0.2) is 0 Å². The maximum absolute atomic E-state index is 2.00. The zero-order chi connectivity index (χ0) is 4.24. The van der Waals surface area contributed by atoms with Crippen molar-refractivity contribution in [2.24, 2.45) is 0 Å². The molecule has 0 bridgehead atoms. The number of hydrogen-bond acceptors (Lipinski definition) is 0. The van der Waals surface area contributed by atoms with E-state index in [1.807, 2.05) is 36.4 Å². The quantitative estimate of drug-likeness (QED) is 0.626. The molecule has 0 amide bonds. The van der Waals surface area contributed by atoms with E-state index in [1.54, 1.807) is 0 Å². The van der Waals surface area contributed by atoms with Gasteiger partial charge in [0.25, 0.3) is 0 Å². The van der Waals surface area contributed by atoms with E-state index in [-0.39, 0.29) is 62.4 Å². The average molecular weight is 231 g/mol. The monoisotopic (exact) mass is 231 g/mol. The molecule has 0 nitrogen and oxygen atoms in total. The third-order valence-electron chi connectivity index (χ3n) is 0.667. The molecule has 0 saturated heterocycles. The topological polar surface area (TPSA) is 0 Å². The van der Waals surface area contributed by atoms with E-state index in [9.17, 15) is 0 Å². The molecule has 1 radical (unpaired) electrons. The zero-order valence-corrected chi connectivity index (χ0v) is 6.88. The van der Waals surface area contributed by atoms with Crippen LogP contribution >= 0.6 is 0 Å². The molecule has 1 aromatic carbocycles. The summed E-state index contributed by atoms with van der Waals surface area (Å²) in [4.78, 5) is 0. The van der Waals surface area contributed by atoms with Crippen molar-refractivity contribution in [2.45, 2.75) is 29.7 Å². The Balaban J connectivity index is -0.0000000240. The van der Waals surface area contributed by atoms with E-state index in [1.165, 1.54) is 0 Å². The first kappa shape index (κ1) is 30.2. The third kappa shape index (κ3) is 17.9. The van der Waals surface area contributed by atoms with Crippen molar-refractivity contribution in [1.29, 1.82) is 0 Å². The molecule has 11 heavy (non-hydrogen) atoms. The van der Waals surface area contributed by atoms with Crippen LogP contribution in [0.5, 0.6) is 0 Å². The van der Waals surface area contributed by atoms with E-state index in [4.69, 9.17) is 0 Å². The Bertz CT molecular complexity index is 76.8. The second kappa shape index (κ2) is 22.4. The van der Waals surface area contributed by atoms with Crippen LogP contribution in [0.4, 0.5) is 0 Å². The number of benzene rings is 1. The van der Waals surface area contributed by atoms with Crippen LogP contribution in [0.3, 0.4) is 0 Å². The van der Waals surface area contributed by atoms with Crippen molar-refractivity contribution >= 4 is 0 Å². The molecule has 0 aliphatic rings. The molecule has 1 rings (SSSR count). The summed E-state index contributed by atoms with van der Waals surface area (Å²) in [6, 6.07) is 12.0. The van der Waals surface area contributed by atoms with Gasteiger partial charge in [0.2, 0.25) is 0 Å². The SMILES string of the molecule is C.C.C.C.[Y].c1ccccc1. The molecule has 0 fully saturated rings. The summed E-state index contributed by atoms with van der Waals surface area (Å²) in [5, 5.41) is 0. The predicted octanol–water partition coefficient (Wildman–Crippen LogP) is 4.23. The van der Waals surface area contributed by atoms with Crippen molar-refractivity contribution in [3.05, 3.63) is 36.4 Å². The number of rotatable bonds is 0. The standard InChI is InChI=1S/C6H6.4CH4.Y/c1-2-4-6-5-3-1;;;;;/h1-6H;4*1H4;. The van der Waals surface area contributed by atoms with Crippen LogP contribution in [0.15, 0.2) is 36.4 Å². The number of hydrogen-bond donors (Lipinski definition) is 0. The molecule has 0 spiro atoms. The Morgan fingerprint density at radius 3 is 0.545 bits per heavy atom. The predicted molar refractivity (Wildman–Crippen MR) is 53.4 cm³/mol. The van der Waals surface area contributed by atoms with Crippen molar-refractivity contribution in [3.8, 4) is 0 Å². The third-order valence-corrected chi connectivity index (χ3v) is 0.667. The molecule has 65 valence electrons. The van der Waals surface area contributed by atoms with E-state index < -0.39 is 0 Å². The summed E-state index contributed by atoms with van der Waals surface area (Å²) < 4.78 is 0. The van der Waals surface area contributed by atoms with Crippen LogP contribution in [0.2, 0.25) is 0 Å². The van der Waals surface area contributed by atoms with Crippen LogP contribution in [0.1, 0.15) is 29.7 Å². The van der Waals surface area contributed by atoms with Crippen molar-refractivity contribution in [3.63, 3.8) is 0 Å². The van der Waals surface area contributed by atoms with Gasteiger partial charge in [0.15, 0.2) is 0 Å². The Hall–Kier alpha value is 0.324. The van der Waals surface area contributed by atoms with E-state index in [2.05, 4.69) is 0 Å². The summed E-state index contributed by atoms with van der Waals surface area (Å²) in [5.74, 6) is 0. The fourth-order valence-electron chi connectivity index (χ4n) is 0.385. The maximum Gasteiger partial charge on any atom is 0 e. The van der Waals surface area contributed by atoms with Gasteiger partial charge in [-0.1, -0.05) is 66.1 Å². The Morgan fingerprint density at radius 1 is 0.364 bits per heavy atom. The summed E-state index contributed by atoms with van der Waals surface area (Å²) in [7, 11) is 0. The molecule has 0 saturated carbocycles. The molecule has 1 aromatic rings. The molecule has 0 aromatic heterocycles. The minimum atomic E-state index is 0. The van der Waals surface area contributed by atoms with Gasteiger partial charge in [-0.2, -0.15) is 0 Å². The molecule has 0 unspecified atom stereocenters. The first-order valence-corrected chi connectivity index (χ1v) is 2.00. The van der Waals surface area contributed by atoms with Gasteiger partial charge in [-0.15, -0.1) is 0 Å². The van der Waals surface area contributed by atoms with E-state index >= 15 is 0 Å². The smallest absolute Gasteiger partial charge is 0 e. The first-order chi connectivity index (χ1) is 3.00. The van der Waals surface area contributed by atoms with Gasteiger partial charge in [0.1, 0.15) is 0 Å². The van der Waals surface area contributed by atoms with Gasteiger partial charge in [0.05, 0.1) is 0 Å². The molecule has 0 aliphatic heterocycles. The normalized spacial score (nSPS) is 4.36. The van der Waals surface area contributed by atoms with Crippen LogP contribution in [-0.4, -0.2) is 0 Å². The van der Waals surface area contributed by atoms with Crippen molar-refractivity contribution in [2.75, 3.05) is 0 Å². The molecule has 1 heteroatoms. The van der Waals surface area contributed by atoms with Gasteiger partial charge >= 0.3 is 0 Å². The molecular formula is C10H22Y. The summed E-state index contributed by atoms with van der Waals surface area (Å²) in [6.45, 7) is 0. The molecule has 0 N–H and O–H groups in total. The second-order valence-electron chi connectivity index (χ2n) is 1.15. The maximum atomic E-state index is 2.00. The van der Waals surface area contributed by atoms with Crippen LogP contribution in [-0.2, 0) is 32.7 Å².